The average Bonchev–Trinajstić information content (AvgIpc) is 3.54. The molecule has 0 unspecified atom stereocenters. The molecule has 246 valence electrons. The number of benzene rings is 2. The number of carbonyl (C=O) groups is 2. The lowest BCUT2D eigenvalue weighted by atomic mass is 9.90. The highest BCUT2D eigenvalue weighted by Crippen LogP contribution is 2.37. The Kier molecular flexibility index (Phi) is 9.49. The van der Waals surface area contributed by atoms with Crippen LogP contribution in [0.4, 0.5) is 29.4 Å². The molecule has 0 bridgehead atoms. The third-order valence-corrected chi connectivity index (χ3v) is 8.93. The summed E-state index contributed by atoms with van der Waals surface area (Å²) < 4.78 is 61.3. The SMILES string of the molecule is O=C(Cc1ccc(N2CCN(C(=O)Cc3ccccc3F)CC2)nc1)c1oc(N2CCC(c3ccc(Cl)cc3)CC2)nc1C(F)(F)F. The van der Waals surface area contributed by atoms with Crippen LogP contribution < -0.4 is 9.80 Å². The number of halogens is 5. The zero-order valence-electron chi connectivity index (χ0n) is 25.3. The fourth-order valence-electron chi connectivity index (χ4n) is 6.04. The van der Waals surface area contributed by atoms with Gasteiger partial charge in [0.05, 0.1) is 6.42 Å². The van der Waals surface area contributed by atoms with Gasteiger partial charge in [0.1, 0.15) is 11.6 Å². The minimum atomic E-state index is -4.87. The van der Waals surface area contributed by atoms with Gasteiger partial charge in [-0.15, -0.1) is 0 Å². The summed E-state index contributed by atoms with van der Waals surface area (Å²) in [5, 5.41) is 0.637. The Morgan fingerprint density at radius 1 is 0.872 bits per heavy atom. The minimum absolute atomic E-state index is 0.0147. The lowest BCUT2D eigenvalue weighted by Gasteiger charge is -2.35. The molecule has 2 aliphatic heterocycles. The molecule has 2 fully saturated rings. The van der Waals surface area contributed by atoms with Crippen molar-refractivity contribution < 1.29 is 31.6 Å². The van der Waals surface area contributed by atoms with E-state index in [1.807, 2.05) is 29.2 Å². The predicted octanol–water partition coefficient (Wildman–Crippen LogP) is 6.58. The monoisotopic (exact) mass is 669 g/mol. The van der Waals surface area contributed by atoms with Crippen molar-refractivity contribution in [1.29, 1.82) is 0 Å². The van der Waals surface area contributed by atoms with E-state index in [-0.39, 0.29) is 30.7 Å². The summed E-state index contributed by atoms with van der Waals surface area (Å²) in [6.45, 7) is 2.72. The molecule has 0 spiro atoms. The second-order valence-electron chi connectivity index (χ2n) is 11.7. The van der Waals surface area contributed by atoms with Crippen LogP contribution in [-0.4, -0.2) is 65.8 Å². The Hall–Kier alpha value is -4.45. The molecule has 2 aliphatic rings. The summed E-state index contributed by atoms with van der Waals surface area (Å²) >= 11 is 5.99. The molecule has 2 aromatic heterocycles. The maximum atomic E-state index is 14.0. The van der Waals surface area contributed by atoms with E-state index in [4.69, 9.17) is 16.0 Å². The molecule has 6 rings (SSSR count). The Morgan fingerprint density at radius 3 is 2.21 bits per heavy atom. The zero-order valence-corrected chi connectivity index (χ0v) is 26.1. The Labute approximate surface area is 274 Å². The standard InChI is InChI=1S/C34H32ClF4N5O3/c35-26-8-6-23(7-9-26)24-11-13-44(14-12-24)33-41-32(34(37,38)39)31(47-33)28(45)19-22-5-10-29(40-21-22)42-15-17-43(18-16-42)30(46)20-25-3-1-2-4-27(25)36/h1-10,21,24H,11-20H2. The number of alkyl halides is 3. The number of anilines is 2. The summed E-state index contributed by atoms with van der Waals surface area (Å²) in [7, 11) is 0. The molecule has 47 heavy (non-hydrogen) atoms. The quantitative estimate of drug-likeness (QED) is 0.155. The highest BCUT2D eigenvalue weighted by molar-refractivity contribution is 6.30. The van der Waals surface area contributed by atoms with Crippen molar-refractivity contribution in [3.8, 4) is 0 Å². The molecule has 4 aromatic rings. The molecule has 0 atom stereocenters. The number of rotatable bonds is 8. The number of pyridine rings is 1. The van der Waals surface area contributed by atoms with Gasteiger partial charge in [-0.2, -0.15) is 18.2 Å². The summed E-state index contributed by atoms with van der Waals surface area (Å²) in [5.41, 5.74) is 0.559. The van der Waals surface area contributed by atoms with Crippen LogP contribution in [0, 0.1) is 5.82 Å². The van der Waals surface area contributed by atoms with Crippen molar-refractivity contribution in [3.05, 3.63) is 106 Å². The molecule has 1 amide bonds. The van der Waals surface area contributed by atoms with Gasteiger partial charge in [0.2, 0.25) is 17.5 Å². The zero-order chi connectivity index (χ0) is 33.1. The van der Waals surface area contributed by atoms with Crippen molar-refractivity contribution in [3.63, 3.8) is 0 Å². The first-order valence-electron chi connectivity index (χ1n) is 15.4. The van der Waals surface area contributed by atoms with Gasteiger partial charge in [0.15, 0.2) is 5.69 Å². The molecule has 13 heteroatoms. The molecule has 2 aromatic carbocycles. The summed E-state index contributed by atoms with van der Waals surface area (Å²) in [5.74, 6) is -1.38. The largest absolute Gasteiger partial charge is 0.437 e. The second-order valence-corrected chi connectivity index (χ2v) is 12.2. The van der Waals surface area contributed by atoms with Crippen molar-refractivity contribution in [2.45, 2.75) is 37.8 Å². The van der Waals surface area contributed by atoms with Crippen LogP contribution in [0.15, 0.2) is 71.3 Å². The highest BCUT2D eigenvalue weighted by atomic mass is 35.5. The van der Waals surface area contributed by atoms with E-state index >= 15 is 0 Å². The number of carbonyl (C=O) groups excluding carboxylic acids is 2. The van der Waals surface area contributed by atoms with Gasteiger partial charge >= 0.3 is 6.18 Å². The third kappa shape index (κ3) is 7.59. The van der Waals surface area contributed by atoms with Gasteiger partial charge in [-0.1, -0.05) is 48.0 Å². The van der Waals surface area contributed by atoms with Crippen molar-refractivity contribution in [2.75, 3.05) is 49.1 Å². The van der Waals surface area contributed by atoms with Crippen molar-refractivity contribution in [1.82, 2.24) is 14.9 Å². The maximum absolute atomic E-state index is 14.0. The van der Waals surface area contributed by atoms with Gasteiger partial charge in [-0.05, 0) is 59.7 Å². The van der Waals surface area contributed by atoms with Gasteiger partial charge in [0.25, 0.3) is 6.01 Å². The van der Waals surface area contributed by atoms with Gasteiger partial charge in [-0.25, -0.2) is 9.37 Å². The van der Waals surface area contributed by atoms with Crippen molar-refractivity contribution in [2.24, 2.45) is 0 Å². The fourth-order valence-corrected chi connectivity index (χ4v) is 6.17. The van der Waals surface area contributed by atoms with Gasteiger partial charge < -0.3 is 19.1 Å². The lowest BCUT2D eigenvalue weighted by molar-refractivity contribution is -0.141. The number of piperazine rings is 1. The number of hydrogen-bond donors (Lipinski definition) is 0. The van der Waals surface area contributed by atoms with Gasteiger partial charge in [-0.3, -0.25) is 9.59 Å². The van der Waals surface area contributed by atoms with E-state index in [0.717, 1.165) is 5.56 Å². The van der Waals surface area contributed by atoms with E-state index in [0.29, 0.717) is 74.1 Å². The number of piperidine rings is 1. The number of oxazole rings is 1. The Morgan fingerprint density at radius 2 is 1.57 bits per heavy atom. The van der Waals surface area contributed by atoms with Crippen LogP contribution in [0.25, 0.3) is 0 Å². The predicted molar refractivity (Wildman–Crippen MR) is 168 cm³/mol. The minimum Gasteiger partial charge on any atom is -0.420 e. The van der Waals surface area contributed by atoms with Crippen LogP contribution in [0.2, 0.25) is 5.02 Å². The smallest absolute Gasteiger partial charge is 0.420 e. The lowest BCUT2D eigenvalue weighted by Crippen LogP contribution is -2.49. The van der Waals surface area contributed by atoms with E-state index in [1.165, 1.54) is 12.3 Å². The topological polar surface area (TPSA) is 82.8 Å². The molecular weight excluding hydrogens is 638 g/mol. The van der Waals surface area contributed by atoms with Crippen molar-refractivity contribution >= 4 is 35.1 Å². The first-order chi connectivity index (χ1) is 22.5. The highest BCUT2D eigenvalue weighted by Gasteiger charge is 2.42. The summed E-state index contributed by atoms with van der Waals surface area (Å²) in [6, 6.07) is 16.9. The number of amides is 1. The maximum Gasteiger partial charge on any atom is 0.437 e. The first kappa shape index (κ1) is 32.5. The number of Topliss-reactive ketones (excluding diaryl/α,β-unsaturated/α-hetero) is 1. The molecule has 0 radical (unpaired) electrons. The number of ketones is 1. The summed E-state index contributed by atoms with van der Waals surface area (Å²) in [6.07, 6.45) is -2.40. The van der Waals surface area contributed by atoms with E-state index in [9.17, 15) is 27.2 Å². The summed E-state index contributed by atoms with van der Waals surface area (Å²) in [4.78, 5) is 39.2. The van der Waals surface area contributed by atoms with E-state index in [2.05, 4.69) is 9.97 Å². The van der Waals surface area contributed by atoms with Gasteiger partial charge in [0, 0.05) is 56.9 Å². The number of nitrogens with zero attached hydrogens (tertiary/aromatic N) is 5. The van der Waals surface area contributed by atoms with Crippen LogP contribution in [0.1, 0.15) is 51.7 Å². The molecule has 8 nitrogen and oxygen atoms in total. The third-order valence-electron chi connectivity index (χ3n) is 8.67. The Balaban J connectivity index is 1.05. The molecule has 0 aliphatic carbocycles. The Bertz CT molecular complexity index is 1710. The normalized spacial score (nSPS) is 16.1. The average molecular weight is 670 g/mol. The molecular formula is C34H32ClF4N5O3. The molecule has 4 heterocycles. The number of hydrogen-bond acceptors (Lipinski definition) is 7. The van der Waals surface area contributed by atoms with Crippen LogP contribution >= 0.6 is 11.6 Å². The fraction of sp³-hybridized carbons (Fsp3) is 0.353. The van der Waals surface area contributed by atoms with Crippen LogP contribution in [0.5, 0.6) is 0 Å². The van der Waals surface area contributed by atoms with Crippen LogP contribution in [0.3, 0.4) is 0 Å². The molecule has 0 saturated carbocycles. The van der Waals surface area contributed by atoms with Crippen LogP contribution in [-0.2, 0) is 23.8 Å². The van der Waals surface area contributed by atoms with E-state index < -0.39 is 29.2 Å². The first-order valence-corrected chi connectivity index (χ1v) is 15.8. The van der Waals surface area contributed by atoms with E-state index in [1.54, 1.807) is 40.1 Å². The number of aromatic nitrogens is 2. The second kappa shape index (κ2) is 13.7. The molecule has 2 saturated heterocycles. The molecule has 0 N–H and O–H groups in total.